The van der Waals surface area contributed by atoms with Gasteiger partial charge in [0.1, 0.15) is 30.5 Å². The molecule has 0 saturated carbocycles. The number of rotatable bonds is 9. The standard InChI is InChI=1S/C27H29NO5/c1-20(27(2,26(29)30)33-23-8-4-3-5-9-23)21-12-14-22(15-13-21)31-18-16-28-17-19-32-25-11-7-6-10-24(25)28/h3-15,20H,16-19H2,1-2H3,(H,29,30). The van der Waals surface area contributed by atoms with Crippen molar-refractivity contribution >= 4 is 11.7 Å². The molecule has 6 heteroatoms. The van der Waals surface area contributed by atoms with Crippen molar-refractivity contribution < 1.29 is 24.1 Å². The van der Waals surface area contributed by atoms with E-state index in [1.165, 1.54) is 0 Å². The van der Waals surface area contributed by atoms with Crippen molar-refractivity contribution in [1.82, 2.24) is 0 Å². The Morgan fingerprint density at radius 1 is 1.03 bits per heavy atom. The van der Waals surface area contributed by atoms with Crippen LogP contribution in [0.25, 0.3) is 0 Å². The van der Waals surface area contributed by atoms with Crippen LogP contribution in [0.1, 0.15) is 25.3 Å². The molecule has 4 rings (SSSR count). The number of anilines is 1. The molecule has 0 aromatic heterocycles. The van der Waals surface area contributed by atoms with Gasteiger partial charge in [0.2, 0.25) is 5.60 Å². The van der Waals surface area contributed by atoms with Crippen LogP contribution >= 0.6 is 0 Å². The van der Waals surface area contributed by atoms with E-state index in [0.29, 0.717) is 19.0 Å². The average molecular weight is 448 g/mol. The molecule has 1 N–H and O–H groups in total. The van der Waals surface area contributed by atoms with Gasteiger partial charge < -0.3 is 24.2 Å². The molecule has 2 unspecified atom stereocenters. The lowest BCUT2D eigenvalue weighted by molar-refractivity contribution is -0.155. The van der Waals surface area contributed by atoms with Gasteiger partial charge in [-0.3, -0.25) is 0 Å². The predicted octanol–water partition coefficient (Wildman–Crippen LogP) is 4.99. The number of hydrogen-bond acceptors (Lipinski definition) is 5. The van der Waals surface area contributed by atoms with E-state index in [4.69, 9.17) is 14.2 Å². The highest BCUT2D eigenvalue weighted by Gasteiger charge is 2.42. The van der Waals surface area contributed by atoms with Crippen LogP contribution in [0.4, 0.5) is 5.69 Å². The minimum Gasteiger partial charge on any atom is -0.492 e. The number of ether oxygens (including phenoxy) is 3. The number of hydrogen-bond donors (Lipinski definition) is 1. The third kappa shape index (κ3) is 5.06. The van der Waals surface area contributed by atoms with Gasteiger partial charge in [-0.1, -0.05) is 49.4 Å². The Hall–Kier alpha value is -3.67. The Balaban J connectivity index is 1.38. The number of nitrogens with zero attached hydrogens (tertiary/aromatic N) is 1. The van der Waals surface area contributed by atoms with Gasteiger partial charge in [-0.25, -0.2) is 4.79 Å². The van der Waals surface area contributed by atoms with Crippen molar-refractivity contribution in [3.8, 4) is 17.2 Å². The number of fused-ring (bicyclic) bond motifs is 1. The highest BCUT2D eigenvalue weighted by molar-refractivity contribution is 5.79. The Labute approximate surface area is 194 Å². The molecule has 0 amide bonds. The van der Waals surface area contributed by atoms with Gasteiger partial charge in [0, 0.05) is 5.92 Å². The summed E-state index contributed by atoms with van der Waals surface area (Å²) in [6, 6.07) is 24.6. The Morgan fingerprint density at radius 2 is 1.73 bits per heavy atom. The molecule has 33 heavy (non-hydrogen) atoms. The second-order valence-corrected chi connectivity index (χ2v) is 8.27. The maximum atomic E-state index is 12.1. The Bertz CT molecular complexity index is 1070. The van der Waals surface area contributed by atoms with E-state index in [-0.39, 0.29) is 5.92 Å². The van der Waals surface area contributed by atoms with Crippen molar-refractivity contribution in [3.05, 3.63) is 84.4 Å². The molecule has 6 nitrogen and oxygen atoms in total. The molecule has 1 aliphatic heterocycles. The van der Waals surface area contributed by atoms with Gasteiger partial charge in [0.15, 0.2) is 0 Å². The van der Waals surface area contributed by atoms with Crippen LogP contribution in [0.5, 0.6) is 17.2 Å². The number of aliphatic carboxylic acids is 1. The predicted molar refractivity (Wildman–Crippen MR) is 128 cm³/mol. The van der Waals surface area contributed by atoms with E-state index < -0.39 is 11.6 Å². The monoisotopic (exact) mass is 447 g/mol. The van der Waals surface area contributed by atoms with E-state index in [1.54, 1.807) is 19.1 Å². The minimum atomic E-state index is -1.41. The first-order chi connectivity index (χ1) is 16.0. The summed E-state index contributed by atoms with van der Waals surface area (Å²) in [5, 5.41) is 9.93. The van der Waals surface area contributed by atoms with E-state index in [1.807, 2.05) is 67.6 Å². The summed E-state index contributed by atoms with van der Waals surface area (Å²) in [5.74, 6) is 0.785. The smallest absolute Gasteiger partial charge is 0.348 e. The lowest BCUT2D eigenvalue weighted by Crippen LogP contribution is -2.46. The maximum Gasteiger partial charge on any atom is 0.348 e. The van der Waals surface area contributed by atoms with Crippen LogP contribution in [0.3, 0.4) is 0 Å². The normalized spacial score (nSPS) is 15.5. The Kier molecular flexibility index (Phi) is 6.73. The summed E-state index contributed by atoms with van der Waals surface area (Å²) in [7, 11) is 0. The molecule has 2 atom stereocenters. The van der Waals surface area contributed by atoms with E-state index in [0.717, 1.165) is 35.8 Å². The zero-order valence-electron chi connectivity index (χ0n) is 18.9. The molecule has 3 aromatic carbocycles. The molecule has 0 fully saturated rings. The van der Waals surface area contributed by atoms with Crippen molar-refractivity contribution in [2.75, 3.05) is 31.2 Å². The summed E-state index contributed by atoms with van der Waals surface area (Å²) in [5.41, 5.74) is 0.543. The van der Waals surface area contributed by atoms with Crippen LogP contribution in [0, 0.1) is 0 Å². The first kappa shape index (κ1) is 22.5. The maximum absolute atomic E-state index is 12.1. The number of carbonyl (C=O) groups is 1. The summed E-state index contributed by atoms with van der Waals surface area (Å²) < 4.78 is 17.6. The van der Waals surface area contributed by atoms with Crippen LogP contribution in [0.2, 0.25) is 0 Å². The number of carboxylic acids is 1. The van der Waals surface area contributed by atoms with Crippen molar-refractivity contribution in [2.45, 2.75) is 25.4 Å². The van der Waals surface area contributed by atoms with Crippen LogP contribution in [-0.4, -0.2) is 43.0 Å². The van der Waals surface area contributed by atoms with Crippen LogP contribution in [-0.2, 0) is 4.79 Å². The van der Waals surface area contributed by atoms with Crippen molar-refractivity contribution in [3.63, 3.8) is 0 Å². The number of carboxylic acid groups (broad SMARTS) is 1. The zero-order chi connectivity index (χ0) is 23.3. The molecule has 3 aromatic rings. The van der Waals surface area contributed by atoms with Crippen LogP contribution in [0.15, 0.2) is 78.9 Å². The number of para-hydroxylation sites is 3. The van der Waals surface area contributed by atoms with Gasteiger partial charge in [0.05, 0.1) is 18.8 Å². The van der Waals surface area contributed by atoms with Gasteiger partial charge in [0.25, 0.3) is 0 Å². The highest BCUT2D eigenvalue weighted by atomic mass is 16.5. The molecule has 1 heterocycles. The Morgan fingerprint density at radius 3 is 2.45 bits per heavy atom. The third-order valence-electron chi connectivity index (χ3n) is 6.16. The second-order valence-electron chi connectivity index (χ2n) is 8.27. The fourth-order valence-electron chi connectivity index (χ4n) is 3.95. The molecule has 0 spiro atoms. The zero-order valence-corrected chi connectivity index (χ0v) is 18.9. The first-order valence-corrected chi connectivity index (χ1v) is 11.1. The lowest BCUT2D eigenvalue weighted by atomic mass is 9.84. The van der Waals surface area contributed by atoms with Gasteiger partial charge in [-0.05, 0) is 48.9 Å². The molecular weight excluding hydrogens is 418 g/mol. The fourth-order valence-corrected chi connectivity index (χ4v) is 3.95. The molecule has 0 aliphatic carbocycles. The molecule has 1 aliphatic rings. The topological polar surface area (TPSA) is 68.2 Å². The lowest BCUT2D eigenvalue weighted by Gasteiger charge is -2.32. The van der Waals surface area contributed by atoms with Crippen molar-refractivity contribution in [1.29, 1.82) is 0 Å². The van der Waals surface area contributed by atoms with E-state index >= 15 is 0 Å². The second kappa shape index (κ2) is 9.86. The van der Waals surface area contributed by atoms with Gasteiger partial charge in [-0.2, -0.15) is 0 Å². The van der Waals surface area contributed by atoms with E-state index in [2.05, 4.69) is 11.0 Å². The summed E-state index contributed by atoms with van der Waals surface area (Å²) in [4.78, 5) is 14.4. The van der Waals surface area contributed by atoms with Crippen LogP contribution < -0.4 is 19.1 Å². The minimum absolute atomic E-state index is 0.380. The molecule has 0 saturated heterocycles. The third-order valence-corrected chi connectivity index (χ3v) is 6.16. The first-order valence-electron chi connectivity index (χ1n) is 11.1. The average Bonchev–Trinajstić information content (AvgIpc) is 2.84. The van der Waals surface area contributed by atoms with Gasteiger partial charge >= 0.3 is 5.97 Å². The molecule has 0 radical (unpaired) electrons. The summed E-state index contributed by atoms with van der Waals surface area (Å²) >= 11 is 0. The number of benzene rings is 3. The quantitative estimate of drug-likeness (QED) is 0.498. The van der Waals surface area contributed by atoms with E-state index in [9.17, 15) is 9.90 Å². The molecule has 172 valence electrons. The molecular formula is C27H29NO5. The fraction of sp³-hybridized carbons (Fsp3) is 0.296. The van der Waals surface area contributed by atoms with Crippen molar-refractivity contribution in [2.24, 2.45) is 0 Å². The summed E-state index contributed by atoms with van der Waals surface area (Å²) in [6.45, 7) is 6.25. The SMILES string of the molecule is CC(c1ccc(OCCN2CCOc3ccccc32)cc1)C(C)(Oc1ccccc1)C(=O)O. The van der Waals surface area contributed by atoms with Gasteiger partial charge in [-0.15, -0.1) is 0 Å². The highest BCUT2D eigenvalue weighted by Crippen LogP contribution is 2.34. The summed E-state index contributed by atoms with van der Waals surface area (Å²) in [6.07, 6.45) is 0. The molecule has 0 bridgehead atoms. The largest absolute Gasteiger partial charge is 0.492 e.